The van der Waals surface area contributed by atoms with Gasteiger partial charge in [-0.2, -0.15) is 0 Å². The van der Waals surface area contributed by atoms with Crippen molar-refractivity contribution >= 4 is 14.1 Å². The van der Waals surface area contributed by atoms with Crippen LogP contribution in [0.5, 0.6) is 0 Å². The van der Waals surface area contributed by atoms with E-state index in [4.69, 9.17) is 10.00 Å². The van der Waals surface area contributed by atoms with Gasteiger partial charge in [-0.15, -0.1) is 0 Å². The third-order valence-corrected chi connectivity index (χ3v) is 2.68. The van der Waals surface area contributed by atoms with Crippen LogP contribution in [-0.2, 0) is 9.32 Å². The number of aliphatic hydroxyl groups excluding tert-OH is 3. The molecule has 0 aliphatic carbocycles. The fraction of sp³-hybridized carbons (Fsp3) is 0.857. The Hall–Kier alpha value is -0.420. The molecule has 5 N–H and O–H groups in total. The fourth-order valence-corrected chi connectivity index (χ4v) is 1.31. The molecule has 10 nitrogen and oxygen atoms in total. The van der Waals surface area contributed by atoms with Crippen LogP contribution in [-0.4, -0.2) is 61.8 Å². The number of hydrogen-bond acceptors (Lipinski definition) is 10. The molecule has 18 heavy (non-hydrogen) atoms. The second-order valence-electron chi connectivity index (χ2n) is 3.71. The smallest absolute Gasteiger partial charge is 0.193 e. The van der Waals surface area contributed by atoms with Gasteiger partial charge in [0.2, 0.25) is 0 Å². The maximum Gasteiger partial charge on any atom is 0.193 e. The van der Waals surface area contributed by atoms with Crippen molar-refractivity contribution in [1.82, 2.24) is 0 Å². The summed E-state index contributed by atoms with van der Waals surface area (Å²) in [5, 5.41) is 47.3. The van der Waals surface area contributed by atoms with E-state index in [0.29, 0.717) is 0 Å². The molecule has 0 fully saturated rings. The first-order chi connectivity index (χ1) is 7.89. The average molecular weight is 288 g/mol. The minimum atomic E-state index is -5.16. The molecule has 0 aliphatic heterocycles. The molecular weight excluding hydrogens is 275 g/mol. The summed E-state index contributed by atoms with van der Waals surface area (Å²) in [6, 6.07) is 0. The van der Waals surface area contributed by atoms with Gasteiger partial charge in [0.05, 0.1) is 5.97 Å². The quantitative estimate of drug-likeness (QED) is 0.281. The molecule has 0 radical (unpaired) electrons. The molecule has 0 saturated carbocycles. The van der Waals surface area contributed by atoms with Crippen molar-refractivity contribution in [3.63, 3.8) is 0 Å². The van der Waals surface area contributed by atoms with Crippen molar-refractivity contribution in [3.05, 3.63) is 0 Å². The zero-order valence-corrected chi connectivity index (χ0v) is 10.1. The second kappa shape index (κ2) is 6.15. The largest absolute Gasteiger partial charge is 0.635 e. The minimum absolute atomic E-state index is 0.727. The number of aliphatic carboxylic acids is 1. The Morgan fingerprint density at radius 1 is 1.39 bits per heavy atom. The first-order valence-corrected chi connectivity index (χ1v) is 6.05. The van der Waals surface area contributed by atoms with E-state index >= 15 is 0 Å². The van der Waals surface area contributed by atoms with Crippen molar-refractivity contribution < 1.29 is 49.5 Å². The van der Waals surface area contributed by atoms with Crippen LogP contribution in [0.15, 0.2) is 0 Å². The predicted octanol–water partition coefficient (Wildman–Crippen LogP) is -6.02. The summed E-state index contributed by atoms with van der Waals surface area (Å²) in [5.74, 6) is -2.10. The van der Waals surface area contributed by atoms with Crippen LogP contribution in [0.3, 0.4) is 0 Å². The molecule has 4 unspecified atom stereocenters. The topological polar surface area (TPSA) is 197 Å². The predicted molar refractivity (Wildman–Crippen MR) is 48.7 cm³/mol. The molecule has 0 amide bonds. The number of phosphoric ester groups is 1. The van der Waals surface area contributed by atoms with Gasteiger partial charge in [0.15, 0.2) is 8.17 Å². The zero-order chi connectivity index (χ0) is 14.7. The van der Waals surface area contributed by atoms with E-state index in [0.717, 1.165) is 6.92 Å². The number of rotatable bonds is 7. The number of carboxylic acid groups (broad SMARTS) is 1. The molecule has 4 atom stereocenters. The second-order valence-corrected chi connectivity index (χ2v) is 4.91. The Labute approximate surface area is 102 Å². The molecule has 0 rings (SSSR count). The zero-order valence-electron chi connectivity index (χ0n) is 9.16. The molecule has 11 heteroatoms. The van der Waals surface area contributed by atoms with E-state index in [9.17, 15) is 35.0 Å². The van der Waals surface area contributed by atoms with E-state index in [1.807, 2.05) is 0 Å². The Bertz CT molecular complexity index is 286. The SMILES string of the molecule is CC(O)(C(O)CO[P+]([O-])([O-])O)C(O)C(O)C(=O)[O-]. The third kappa shape index (κ3) is 5.06. The molecule has 0 aromatic rings. The number of carbonyl (C=O) groups is 1. The molecule has 0 heterocycles. The van der Waals surface area contributed by atoms with Gasteiger partial charge in [0.25, 0.3) is 0 Å². The summed E-state index contributed by atoms with van der Waals surface area (Å²) in [5.41, 5.74) is -2.62. The van der Waals surface area contributed by atoms with E-state index in [1.54, 1.807) is 0 Å². The van der Waals surface area contributed by atoms with E-state index in [2.05, 4.69) is 4.52 Å². The summed E-state index contributed by atoms with van der Waals surface area (Å²) in [6.45, 7) is -0.425. The number of hydrogen-bond donors (Lipinski definition) is 5. The highest BCUT2D eigenvalue weighted by Crippen LogP contribution is 2.35. The number of carboxylic acids is 1. The summed E-state index contributed by atoms with van der Waals surface area (Å²) in [4.78, 5) is 38.9. The summed E-state index contributed by atoms with van der Waals surface area (Å²) >= 11 is 0. The molecule has 0 aliphatic rings. The maximum absolute atomic E-state index is 10.2. The van der Waals surface area contributed by atoms with Crippen molar-refractivity contribution in [2.75, 3.05) is 6.61 Å². The van der Waals surface area contributed by atoms with Gasteiger partial charge in [-0.05, 0) is 6.92 Å². The highest BCUT2D eigenvalue weighted by Gasteiger charge is 2.43. The van der Waals surface area contributed by atoms with Crippen LogP contribution in [0.4, 0.5) is 0 Å². The Morgan fingerprint density at radius 2 is 1.83 bits per heavy atom. The molecule has 0 spiro atoms. The Kier molecular flexibility index (Phi) is 6.01. The highest BCUT2D eigenvalue weighted by atomic mass is 31.2. The standard InChI is InChI=1S/C7H15O10P/c1-7(13,5(10)4(9)6(11)12)3(8)2-17-18(14,15)16/h3-5,8-10,13H,2H2,1H3,(H,11,12)(H2,14,15,16)/p-2. The molecule has 0 bridgehead atoms. The highest BCUT2D eigenvalue weighted by molar-refractivity contribution is 7.50. The minimum Gasteiger partial charge on any atom is -0.635 e. The van der Waals surface area contributed by atoms with Crippen molar-refractivity contribution in [1.29, 1.82) is 0 Å². The van der Waals surface area contributed by atoms with Gasteiger partial charge >= 0.3 is 0 Å². The average Bonchev–Trinajstić information content (AvgIpc) is 2.22. The van der Waals surface area contributed by atoms with Gasteiger partial charge in [0, 0.05) is 0 Å². The van der Waals surface area contributed by atoms with Gasteiger partial charge in [-0.1, -0.05) is 0 Å². The number of aliphatic hydroxyl groups is 4. The lowest BCUT2D eigenvalue weighted by atomic mass is 9.89. The van der Waals surface area contributed by atoms with Crippen molar-refractivity contribution in [2.24, 2.45) is 0 Å². The number of phosphoric acid groups is 1. The summed E-state index contributed by atoms with van der Waals surface area (Å²) in [7, 11) is -5.16. The van der Waals surface area contributed by atoms with E-state index in [1.165, 1.54) is 0 Å². The van der Waals surface area contributed by atoms with Gasteiger partial charge in [-0.25, -0.2) is 9.42 Å². The molecule has 108 valence electrons. The van der Waals surface area contributed by atoms with Crippen molar-refractivity contribution in [2.45, 2.75) is 30.8 Å². The van der Waals surface area contributed by atoms with Gasteiger partial charge in [0.1, 0.15) is 30.5 Å². The normalized spacial score (nSPS) is 20.9. The van der Waals surface area contributed by atoms with Crippen LogP contribution in [0.2, 0.25) is 0 Å². The number of carbonyl (C=O) groups excluding carboxylic acids is 1. The lowest BCUT2D eigenvalue weighted by molar-refractivity contribution is -0.363. The lowest BCUT2D eigenvalue weighted by Gasteiger charge is -2.36. The van der Waals surface area contributed by atoms with Crippen LogP contribution in [0.1, 0.15) is 6.92 Å². The fourth-order valence-electron chi connectivity index (χ4n) is 0.979. The monoisotopic (exact) mass is 288 g/mol. The Morgan fingerprint density at radius 3 is 2.17 bits per heavy atom. The van der Waals surface area contributed by atoms with Crippen molar-refractivity contribution in [3.8, 4) is 0 Å². The Balaban J connectivity index is 4.65. The van der Waals surface area contributed by atoms with Crippen LogP contribution in [0, 0.1) is 0 Å². The van der Waals surface area contributed by atoms with Crippen LogP contribution < -0.4 is 14.9 Å². The third-order valence-electron chi connectivity index (χ3n) is 2.21. The maximum atomic E-state index is 10.2. The van der Waals surface area contributed by atoms with Gasteiger partial charge < -0.3 is 40.1 Å². The van der Waals surface area contributed by atoms with E-state index < -0.39 is 44.7 Å². The molecule has 0 saturated heterocycles. The molecule has 0 aromatic carbocycles. The van der Waals surface area contributed by atoms with E-state index in [-0.39, 0.29) is 0 Å². The summed E-state index contributed by atoms with van der Waals surface area (Å²) < 4.78 is 3.76. The molecule has 0 aromatic heterocycles. The lowest BCUT2D eigenvalue weighted by Crippen LogP contribution is -2.59. The van der Waals surface area contributed by atoms with Gasteiger partial charge in [-0.3, -0.25) is 0 Å². The molecular formula is C7H13O10P-2. The van der Waals surface area contributed by atoms with Crippen LogP contribution in [0.25, 0.3) is 0 Å². The van der Waals surface area contributed by atoms with Crippen LogP contribution >= 0.6 is 8.17 Å². The first kappa shape index (κ1) is 17.6. The first-order valence-electron chi connectivity index (χ1n) is 4.55. The summed E-state index contributed by atoms with van der Waals surface area (Å²) in [6.07, 6.45) is -6.98.